The van der Waals surface area contributed by atoms with Gasteiger partial charge in [0.25, 0.3) is 0 Å². The van der Waals surface area contributed by atoms with Crippen LogP contribution in [0.4, 0.5) is 0 Å². The first-order chi connectivity index (χ1) is 17.1. The van der Waals surface area contributed by atoms with E-state index in [1.165, 1.54) is 24.1 Å². The Morgan fingerprint density at radius 1 is 1.20 bits per heavy atom. The summed E-state index contributed by atoms with van der Waals surface area (Å²) < 4.78 is 12.3. The molecule has 8 nitrogen and oxygen atoms in total. The topological polar surface area (TPSA) is 108 Å². The Hall–Kier alpha value is -4.20. The molecule has 0 amide bonds. The van der Waals surface area contributed by atoms with E-state index in [-0.39, 0.29) is 24.7 Å². The highest BCUT2D eigenvalue weighted by atomic mass is 16.5. The van der Waals surface area contributed by atoms with Crippen LogP contribution in [-0.2, 0) is 32.2 Å². The Morgan fingerprint density at radius 2 is 2.00 bits per heavy atom. The number of imidazole rings is 1. The minimum absolute atomic E-state index is 0.155. The van der Waals surface area contributed by atoms with Crippen molar-refractivity contribution >= 4 is 29.9 Å². The van der Waals surface area contributed by atoms with Gasteiger partial charge in [-0.2, -0.15) is 0 Å². The summed E-state index contributed by atoms with van der Waals surface area (Å²) in [5.74, 6) is -0.396. The number of nitrogens with zero attached hydrogens (tertiary/aromatic N) is 3. The molecule has 4 rings (SSSR count). The molecule has 1 saturated carbocycles. The molecule has 0 spiro atoms. The zero-order valence-electron chi connectivity index (χ0n) is 19.6. The number of aliphatic imine (C=N–C) groups is 1. The van der Waals surface area contributed by atoms with Gasteiger partial charge in [0, 0.05) is 36.4 Å². The van der Waals surface area contributed by atoms with Crippen molar-refractivity contribution in [2.24, 2.45) is 10.7 Å². The van der Waals surface area contributed by atoms with Gasteiger partial charge in [-0.1, -0.05) is 30.3 Å². The number of ether oxygens (including phenoxy) is 2. The minimum atomic E-state index is -0.546. The van der Waals surface area contributed by atoms with Crippen LogP contribution < -0.4 is 5.73 Å². The van der Waals surface area contributed by atoms with Crippen molar-refractivity contribution in [1.29, 1.82) is 0 Å². The SMILES string of the molecule is CCOC(=O)/C=C\c1cc(C2CC2)cn2cc(CN=C/C(=C\N)C(=O)OCc3ccccc3)nc12. The van der Waals surface area contributed by atoms with Gasteiger partial charge in [-0.3, -0.25) is 4.99 Å². The smallest absolute Gasteiger partial charge is 0.341 e. The average Bonchev–Trinajstić information content (AvgIpc) is 3.64. The Morgan fingerprint density at radius 3 is 2.71 bits per heavy atom. The van der Waals surface area contributed by atoms with Gasteiger partial charge < -0.3 is 19.6 Å². The van der Waals surface area contributed by atoms with E-state index in [4.69, 9.17) is 15.2 Å². The number of esters is 2. The van der Waals surface area contributed by atoms with E-state index in [9.17, 15) is 9.59 Å². The first kappa shape index (κ1) is 23.9. The maximum atomic E-state index is 12.3. The highest BCUT2D eigenvalue weighted by molar-refractivity contribution is 6.09. The van der Waals surface area contributed by atoms with E-state index >= 15 is 0 Å². The highest BCUT2D eigenvalue weighted by Crippen LogP contribution is 2.40. The zero-order valence-corrected chi connectivity index (χ0v) is 19.6. The summed E-state index contributed by atoms with van der Waals surface area (Å²) in [7, 11) is 0. The number of benzene rings is 1. The molecule has 2 aromatic heterocycles. The molecule has 1 aliphatic rings. The number of carbonyl (C=O) groups excluding carboxylic acids is 2. The molecule has 3 aromatic rings. The monoisotopic (exact) mass is 472 g/mol. The van der Waals surface area contributed by atoms with E-state index in [1.807, 2.05) is 40.9 Å². The van der Waals surface area contributed by atoms with Gasteiger partial charge in [-0.05, 0) is 49.0 Å². The van der Waals surface area contributed by atoms with Gasteiger partial charge in [0.05, 0.1) is 24.4 Å². The molecule has 2 N–H and O–H groups in total. The van der Waals surface area contributed by atoms with Crippen molar-refractivity contribution in [2.45, 2.75) is 38.8 Å². The number of pyridine rings is 1. The molecule has 0 bridgehead atoms. The molecule has 1 aliphatic carbocycles. The van der Waals surface area contributed by atoms with E-state index in [1.54, 1.807) is 13.0 Å². The summed E-state index contributed by atoms with van der Waals surface area (Å²) in [6.07, 6.45) is 12.0. The second-order valence-electron chi connectivity index (χ2n) is 8.21. The van der Waals surface area contributed by atoms with E-state index < -0.39 is 5.97 Å². The summed E-state index contributed by atoms with van der Waals surface area (Å²) in [4.78, 5) is 33.1. The minimum Gasteiger partial charge on any atom is -0.463 e. The van der Waals surface area contributed by atoms with Gasteiger partial charge in [-0.15, -0.1) is 0 Å². The molecule has 0 radical (unpaired) electrons. The second-order valence-corrected chi connectivity index (χ2v) is 8.21. The number of hydrogen-bond acceptors (Lipinski definition) is 7. The van der Waals surface area contributed by atoms with Crippen LogP contribution in [0, 0.1) is 0 Å². The third kappa shape index (κ3) is 6.44. The molecular formula is C27H28N4O4. The fraction of sp³-hybridized carbons (Fsp3) is 0.259. The lowest BCUT2D eigenvalue weighted by atomic mass is 10.1. The lowest BCUT2D eigenvalue weighted by Crippen LogP contribution is -2.10. The third-order valence-corrected chi connectivity index (χ3v) is 5.50. The van der Waals surface area contributed by atoms with Crippen LogP contribution in [0.3, 0.4) is 0 Å². The van der Waals surface area contributed by atoms with E-state index in [0.29, 0.717) is 18.2 Å². The van der Waals surface area contributed by atoms with Crippen molar-refractivity contribution < 1.29 is 19.1 Å². The van der Waals surface area contributed by atoms with Crippen molar-refractivity contribution in [3.8, 4) is 0 Å². The number of carbonyl (C=O) groups is 2. The van der Waals surface area contributed by atoms with Crippen molar-refractivity contribution in [3.63, 3.8) is 0 Å². The Balaban J connectivity index is 1.46. The van der Waals surface area contributed by atoms with Crippen LogP contribution in [0.2, 0.25) is 0 Å². The molecule has 0 unspecified atom stereocenters. The van der Waals surface area contributed by atoms with Crippen LogP contribution in [0.15, 0.2) is 71.6 Å². The highest BCUT2D eigenvalue weighted by Gasteiger charge is 2.24. The second kappa shape index (κ2) is 11.3. The predicted octanol–water partition coefficient (Wildman–Crippen LogP) is 3.94. The van der Waals surface area contributed by atoms with Gasteiger partial charge in [0.15, 0.2) is 0 Å². The van der Waals surface area contributed by atoms with Gasteiger partial charge in [0.1, 0.15) is 12.3 Å². The first-order valence-electron chi connectivity index (χ1n) is 11.6. The summed E-state index contributed by atoms with van der Waals surface area (Å²) >= 11 is 0. The number of nitrogens with two attached hydrogens (primary N) is 1. The fourth-order valence-corrected chi connectivity index (χ4v) is 3.59. The van der Waals surface area contributed by atoms with Crippen molar-refractivity contribution in [1.82, 2.24) is 9.38 Å². The predicted molar refractivity (Wildman–Crippen MR) is 134 cm³/mol. The van der Waals surface area contributed by atoms with Crippen molar-refractivity contribution in [3.05, 3.63) is 89.0 Å². The third-order valence-electron chi connectivity index (χ3n) is 5.50. The van der Waals surface area contributed by atoms with Crippen LogP contribution in [-0.4, -0.2) is 34.1 Å². The average molecular weight is 473 g/mol. The van der Waals surface area contributed by atoms with Crippen molar-refractivity contribution in [2.75, 3.05) is 6.61 Å². The maximum Gasteiger partial charge on any atom is 0.341 e. The normalized spacial score (nSPS) is 14.1. The molecule has 180 valence electrons. The standard InChI is InChI=1S/C27H28N4O4/c1-2-34-25(32)11-10-21-12-22(20-8-9-20)16-31-17-24(30-26(21)31)15-29-14-23(13-28)27(33)35-18-19-6-4-3-5-7-19/h3-7,10-14,16-17,20H,2,8-9,15,18,28H2,1H3/b11-10-,23-13+,29-14?. The number of aromatic nitrogens is 2. The van der Waals surface area contributed by atoms with Gasteiger partial charge >= 0.3 is 11.9 Å². The number of hydrogen-bond donors (Lipinski definition) is 1. The zero-order chi connectivity index (χ0) is 24.6. The number of fused-ring (bicyclic) bond motifs is 1. The molecule has 35 heavy (non-hydrogen) atoms. The van der Waals surface area contributed by atoms with E-state index in [0.717, 1.165) is 29.6 Å². The van der Waals surface area contributed by atoms with Gasteiger partial charge in [-0.25, -0.2) is 14.6 Å². The lowest BCUT2D eigenvalue weighted by Gasteiger charge is -2.04. The molecular weight excluding hydrogens is 444 g/mol. The lowest BCUT2D eigenvalue weighted by molar-refractivity contribution is -0.139. The molecule has 1 fully saturated rings. The van der Waals surface area contributed by atoms with Crippen LogP contribution in [0.25, 0.3) is 11.7 Å². The molecule has 1 aromatic carbocycles. The molecule has 0 aliphatic heterocycles. The maximum absolute atomic E-state index is 12.3. The Bertz CT molecular complexity index is 1290. The first-order valence-corrected chi connectivity index (χ1v) is 11.6. The molecule has 8 heteroatoms. The molecule has 0 saturated heterocycles. The molecule has 2 heterocycles. The Kier molecular flexibility index (Phi) is 7.72. The quantitative estimate of drug-likeness (QED) is 0.272. The van der Waals surface area contributed by atoms with E-state index in [2.05, 4.69) is 22.2 Å². The van der Waals surface area contributed by atoms with Crippen LogP contribution in [0.1, 0.15) is 48.1 Å². The molecule has 0 atom stereocenters. The van der Waals surface area contributed by atoms with Crippen LogP contribution in [0.5, 0.6) is 0 Å². The fourth-order valence-electron chi connectivity index (χ4n) is 3.59. The summed E-state index contributed by atoms with van der Waals surface area (Å²) in [6.45, 7) is 2.51. The summed E-state index contributed by atoms with van der Waals surface area (Å²) in [5, 5.41) is 0. The number of rotatable bonds is 10. The summed E-state index contributed by atoms with van der Waals surface area (Å²) in [6, 6.07) is 11.5. The van der Waals surface area contributed by atoms with Crippen LogP contribution >= 0.6 is 0 Å². The largest absolute Gasteiger partial charge is 0.463 e. The summed E-state index contributed by atoms with van der Waals surface area (Å²) in [5.41, 5.74) is 10.2. The van der Waals surface area contributed by atoms with Gasteiger partial charge in [0.2, 0.25) is 0 Å². The Labute approximate surface area is 203 Å².